The first-order chi connectivity index (χ1) is 9.02. The third-order valence-electron chi connectivity index (χ3n) is 3.43. The number of terminal acetylenes is 1. The number of unbranched alkanes of at least 4 members (excludes halogenated alkanes) is 2. The predicted molar refractivity (Wildman–Crippen MR) is 74.7 cm³/mol. The van der Waals surface area contributed by atoms with Crippen molar-refractivity contribution in [3.8, 4) is 12.3 Å². The molecule has 0 aromatic carbocycles. The van der Waals surface area contributed by atoms with E-state index in [4.69, 9.17) is 6.42 Å². The van der Waals surface area contributed by atoms with E-state index in [1.54, 1.807) is 0 Å². The van der Waals surface area contributed by atoms with Crippen LogP contribution in [0, 0.1) is 17.8 Å². The molecular weight excluding hydrogens is 244 g/mol. The van der Waals surface area contributed by atoms with Gasteiger partial charge in [-0.15, -0.1) is 12.3 Å². The SMILES string of the molecule is C#CCCCCNC(=O)NCC(CC)(CC)C(=O)O. The van der Waals surface area contributed by atoms with Gasteiger partial charge in [-0.05, 0) is 25.7 Å². The number of aliphatic carboxylic acids is 1. The van der Waals surface area contributed by atoms with Crippen molar-refractivity contribution < 1.29 is 14.7 Å². The van der Waals surface area contributed by atoms with Crippen LogP contribution >= 0.6 is 0 Å². The second-order valence-electron chi connectivity index (χ2n) is 4.56. The Balaban J connectivity index is 4.00. The van der Waals surface area contributed by atoms with E-state index in [-0.39, 0.29) is 12.6 Å². The van der Waals surface area contributed by atoms with Gasteiger partial charge in [0.1, 0.15) is 0 Å². The van der Waals surface area contributed by atoms with E-state index in [2.05, 4.69) is 16.6 Å². The second-order valence-corrected chi connectivity index (χ2v) is 4.56. The van der Waals surface area contributed by atoms with Crippen LogP contribution in [-0.4, -0.2) is 30.2 Å². The minimum absolute atomic E-state index is 0.144. The summed E-state index contributed by atoms with van der Waals surface area (Å²) >= 11 is 0. The van der Waals surface area contributed by atoms with Crippen LogP contribution in [0.1, 0.15) is 46.0 Å². The Labute approximate surface area is 115 Å². The molecule has 108 valence electrons. The average Bonchev–Trinajstić information content (AvgIpc) is 2.40. The van der Waals surface area contributed by atoms with Gasteiger partial charge < -0.3 is 15.7 Å². The summed E-state index contributed by atoms with van der Waals surface area (Å²) in [6.07, 6.45) is 8.50. The van der Waals surface area contributed by atoms with Gasteiger partial charge in [0.25, 0.3) is 0 Å². The van der Waals surface area contributed by atoms with E-state index in [0.29, 0.717) is 25.8 Å². The van der Waals surface area contributed by atoms with Crippen molar-refractivity contribution in [3.05, 3.63) is 0 Å². The van der Waals surface area contributed by atoms with Crippen molar-refractivity contribution >= 4 is 12.0 Å². The number of hydrogen-bond acceptors (Lipinski definition) is 2. The molecule has 0 heterocycles. The van der Waals surface area contributed by atoms with Crippen molar-refractivity contribution in [2.24, 2.45) is 5.41 Å². The van der Waals surface area contributed by atoms with Crippen molar-refractivity contribution in [3.63, 3.8) is 0 Å². The van der Waals surface area contributed by atoms with Crippen LogP contribution < -0.4 is 10.6 Å². The molecule has 0 fully saturated rings. The van der Waals surface area contributed by atoms with Gasteiger partial charge in [0.05, 0.1) is 5.41 Å². The van der Waals surface area contributed by atoms with Gasteiger partial charge in [0.15, 0.2) is 0 Å². The molecule has 0 rings (SSSR count). The molecule has 0 aliphatic heterocycles. The Bertz CT molecular complexity index is 330. The summed E-state index contributed by atoms with van der Waals surface area (Å²) in [4.78, 5) is 22.8. The third-order valence-corrected chi connectivity index (χ3v) is 3.43. The van der Waals surface area contributed by atoms with Crippen LogP contribution in [0.25, 0.3) is 0 Å². The second kappa shape index (κ2) is 9.26. The van der Waals surface area contributed by atoms with E-state index in [0.717, 1.165) is 12.8 Å². The van der Waals surface area contributed by atoms with E-state index < -0.39 is 11.4 Å². The van der Waals surface area contributed by atoms with Gasteiger partial charge in [-0.3, -0.25) is 4.79 Å². The molecule has 2 amide bonds. The molecule has 0 aliphatic rings. The molecule has 0 bridgehead atoms. The predicted octanol–water partition coefficient (Wildman–Crippen LogP) is 1.98. The largest absolute Gasteiger partial charge is 0.481 e. The lowest BCUT2D eigenvalue weighted by molar-refractivity contribution is -0.149. The molecule has 0 spiro atoms. The fraction of sp³-hybridized carbons (Fsp3) is 0.714. The fourth-order valence-electron chi connectivity index (χ4n) is 1.74. The number of amides is 2. The Hall–Kier alpha value is -1.70. The highest BCUT2D eigenvalue weighted by atomic mass is 16.4. The monoisotopic (exact) mass is 268 g/mol. The molecule has 3 N–H and O–H groups in total. The summed E-state index contributed by atoms with van der Waals surface area (Å²) in [5.74, 6) is 1.67. The number of urea groups is 1. The van der Waals surface area contributed by atoms with Crippen LogP contribution in [0.5, 0.6) is 0 Å². The molecule has 0 aromatic rings. The number of carboxylic acid groups (broad SMARTS) is 1. The van der Waals surface area contributed by atoms with E-state index >= 15 is 0 Å². The van der Waals surface area contributed by atoms with Crippen molar-refractivity contribution in [2.75, 3.05) is 13.1 Å². The maximum absolute atomic E-state index is 11.5. The van der Waals surface area contributed by atoms with Gasteiger partial charge in [-0.1, -0.05) is 13.8 Å². The molecular formula is C14H24N2O3. The Morgan fingerprint density at radius 2 is 1.84 bits per heavy atom. The summed E-state index contributed by atoms with van der Waals surface area (Å²) in [7, 11) is 0. The van der Waals surface area contributed by atoms with Crippen LogP contribution in [0.3, 0.4) is 0 Å². The summed E-state index contributed by atoms with van der Waals surface area (Å²) < 4.78 is 0. The molecule has 0 saturated carbocycles. The Kier molecular flexibility index (Phi) is 8.43. The summed E-state index contributed by atoms with van der Waals surface area (Å²) in [5, 5.41) is 14.5. The zero-order chi connectivity index (χ0) is 14.7. The van der Waals surface area contributed by atoms with Crippen LogP contribution in [-0.2, 0) is 4.79 Å². The smallest absolute Gasteiger partial charge is 0.314 e. The molecule has 0 aromatic heterocycles. The lowest BCUT2D eigenvalue weighted by Gasteiger charge is -2.26. The summed E-state index contributed by atoms with van der Waals surface area (Å²) in [5.41, 5.74) is -0.874. The minimum Gasteiger partial charge on any atom is -0.481 e. The van der Waals surface area contributed by atoms with Gasteiger partial charge in [0, 0.05) is 19.5 Å². The van der Waals surface area contributed by atoms with Gasteiger partial charge in [-0.25, -0.2) is 4.79 Å². The maximum Gasteiger partial charge on any atom is 0.314 e. The average molecular weight is 268 g/mol. The number of carbonyl (C=O) groups excluding carboxylic acids is 1. The van der Waals surface area contributed by atoms with E-state index in [1.165, 1.54) is 0 Å². The summed E-state index contributed by atoms with van der Waals surface area (Å²) in [6.45, 7) is 4.32. The molecule has 5 heteroatoms. The molecule has 0 unspecified atom stereocenters. The molecule has 5 nitrogen and oxygen atoms in total. The topological polar surface area (TPSA) is 78.4 Å². The van der Waals surface area contributed by atoms with Crippen LogP contribution in [0.4, 0.5) is 4.79 Å². The molecule has 0 saturated heterocycles. The zero-order valence-electron chi connectivity index (χ0n) is 11.8. The van der Waals surface area contributed by atoms with Gasteiger partial charge in [-0.2, -0.15) is 0 Å². The van der Waals surface area contributed by atoms with Gasteiger partial charge in [0.2, 0.25) is 0 Å². The molecule has 19 heavy (non-hydrogen) atoms. The first kappa shape index (κ1) is 17.3. The van der Waals surface area contributed by atoms with E-state index in [1.807, 2.05) is 13.8 Å². The van der Waals surface area contributed by atoms with Crippen molar-refractivity contribution in [1.82, 2.24) is 10.6 Å². The standard InChI is InChI=1S/C14H24N2O3/c1-4-7-8-9-10-15-13(19)16-11-14(5-2,6-3)12(17)18/h1H,5-11H2,2-3H3,(H,17,18)(H2,15,16,19). The normalized spacial score (nSPS) is 10.6. The highest BCUT2D eigenvalue weighted by Crippen LogP contribution is 2.25. The molecule has 0 aliphatic carbocycles. The zero-order valence-corrected chi connectivity index (χ0v) is 11.8. The first-order valence-electron chi connectivity index (χ1n) is 6.71. The van der Waals surface area contributed by atoms with Crippen molar-refractivity contribution in [2.45, 2.75) is 46.0 Å². The third kappa shape index (κ3) is 6.14. The summed E-state index contributed by atoms with van der Waals surface area (Å²) in [6, 6.07) is -0.326. The number of rotatable bonds is 9. The van der Waals surface area contributed by atoms with Gasteiger partial charge >= 0.3 is 12.0 Å². The molecule has 0 radical (unpaired) electrons. The highest BCUT2D eigenvalue weighted by Gasteiger charge is 2.34. The Morgan fingerprint density at radius 1 is 1.21 bits per heavy atom. The number of carbonyl (C=O) groups is 2. The van der Waals surface area contributed by atoms with Crippen molar-refractivity contribution in [1.29, 1.82) is 0 Å². The lowest BCUT2D eigenvalue weighted by Crippen LogP contribution is -2.46. The number of nitrogens with one attached hydrogen (secondary N) is 2. The maximum atomic E-state index is 11.5. The molecule has 0 atom stereocenters. The lowest BCUT2D eigenvalue weighted by atomic mass is 9.82. The van der Waals surface area contributed by atoms with Crippen LogP contribution in [0.2, 0.25) is 0 Å². The number of hydrogen-bond donors (Lipinski definition) is 3. The first-order valence-corrected chi connectivity index (χ1v) is 6.71. The van der Waals surface area contributed by atoms with E-state index in [9.17, 15) is 14.7 Å². The highest BCUT2D eigenvalue weighted by molar-refractivity contribution is 5.78. The Morgan fingerprint density at radius 3 is 2.32 bits per heavy atom. The fourth-order valence-corrected chi connectivity index (χ4v) is 1.74. The minimum atomic E-state index is -0.874. The number of carboxylic acids is 1. The van der Waals surface area contributed by atoms with Crippen LogP contribution in [0.15, 0.2) is 0 Å². The quantitative estimate of drug-likeness (QED) is 0.442.